The molecule has 2 heterocycles. The highest BCUT2D eigenvalue weighted by Gasteiger charge is 2.21. The van der Waals surface area contributed by atoms with E-state index in [0.717, 1.165) is 31.0 Å². The molecule has 102 valence electrons. The summed E-state index contributed by atoms with van der Waals surface area (Å²) in [6.45, 7) is 0. The Kier molecular flexibility index (Phi) is 4.08. The number of para-hydroxylation sites is 1. The van der Waals surface area contributed by atoms with Crippen LogP contribution in [0.2, 0.25) is 5.02 Å². The van der Waals surface area contributed by atoms with Crippen molar-refractivity contribution in [2.75, 3.05) is 7.05 Å². The second-order valence-electron chi connectivity index (χ2n) is 4.40. The zero-order chi connectivity index (χ0) is 14.1. The highest BCUT2D eigenvalue weighted by molar-refractivity contribution is 9.10. The first-order valence-electron chi connectivity index (χ1n) is 6.16. The standard InChI is InChI=1S/C15H12BrClN2S/c1-18-14(15-11(17)6-7-20-15)13-10(16)8-9-4-2-3-5-12(9)19-13/h2-8,14,18H,1H3. The fourth-order valence-corrected chi connectivity index (χ4v) is 4.05. The number of nitrogens with one attached hydrogen (secondary N) is 1. The molecule has 5 heteroatoms. The Morgan fingerprint density at radius 1 is 1.30 bits per heavy atom. The molecule has 1 unspecified atom stereocenters. The number of pyridine rings is 1. The Hall–Kier alpha value is -0.940. The number of benzene rings is 1. The van der Waals surface area contributed by atoms with Crippen LogP contribution in [0.3, 0.4) is 0 Å². The summed E-state index contributed by atoms with van der Waals surface area (Å²) < 4.78 is 0.986. The van der Waals surface area contributed by atoms with E-state index in [-0.39, 0.29) is 6.04 Å². The molecule has 0 spiro atoms. The number of aromatic nitrogens is 1. The van der Waals surface area contributed by atoms with E-state index in [9.17, 15) is 0 Å². The fraction of sp³-hybridized carbons (Fsp3) is 0.133. The Morgan fingerprint density at radius 2 is 2.10 bits per heavy atom. The molecule has 0 amide bonds. The van der Waals surface area contributed by atoms with Crippen molar-refractivity contribution >= 4 is 49.8 Å². The van der Waals surface area contributed by atoms with E-state index in [1.165, 1.54) is 0 Å². The van der Waals surface area contributed by atoms with Crippen LogP contribution in [0.25, 0.3) is 10.9 Å². The summed E-state index contributed by atoms with van der Waals surface area (Å²) >= 11 is 11.5. The van der Waals surface area contributed by atoms with Gasteiger partial charge >= 0.3 is 0 Å². The van der Waals surface area contributed by atoms with E-state index < -0.39 is 0 Å². The molecule has 0 bridgehead atoms. The number of thiophene rings is 1. The second kappa shape index (κ2) is 5.82. The van der Waals surface area contributed by atoms with E-state index in [4.69, 9.17) is 16.6 Å². The average molecular weight is 368 g/mol. The van der Waals surface area contributed by atoms with Crippen molar-refractivity contribution in [3.05, 3.63) is 61.8 Å². The smallest absolute Gasteiger partial charge is 0.0869 e. The lowest BCUT2D eigenvalue weighted by atomic mass is 10.1. The van der Waals surface area contributed by atoms with Gasteiger partial charge in [0.15, 0.2) is 0 Å². The number of halogens is 2. The van der Waals surface area contributed by atoms with E-state index in [0.29, 0.717) is 0 Å². The van der Waals surface area contributed by atoms with E-state index >= 15 is 0 Å². The first-order valence-corrected chi connectivity index (χ1v) is 8.21. The molecular formula is C15H12BrClN2S. The highest BCUT2D eigenvalue weighted by atomic mass is 79.9. The van der Waals surface area contributed by atoms with Gasteiger partial charge in [-0.2, -0.15) is 0 Å². The van der Waals surface area contributed by atoms with Crippen molar-refractivity contribution < 1.29 is 0 Å². The van der Waals surface area contributed by atoms with Crippen molar-refractivity contribution in [3.8, 4) is 0 Å². The summed E-state index contributed by atoms with van der Waals surface area (Å²) in [5.41, 5.74) is 1.94. The quantitative estimate of drug-likeness (QED) is 0.703. The molecule has 20 heavy (non-hydrogen) atoms. The van der Waals surface area contributed by atoms with Gasteiger partial charge in [-0.15, -0.1) is 11.3 Å². The van der Waals surface area contributed by atoms with Gasteiger partial charge in [-0.1, -0.05) is 29.8 Å². The predicted octanol–water partition coefficient (Wildman–Crippen LogP) is 5.02. The maximum atomic E-state index is 6.26. The molecule has 0 aliphatic heterocycles. The summed E-state index contributed by atoms with van der Waals surface area (Å²) in [7, 11) is 1.92. The molecule has 1 atom stereocenters. The van der Waals surface area contributed by atoms with Gasteiger partial charge in [0.05, 0.1) is 22.3 Å². The molecule has 0 aliphatic rings. The Morgan fingerprint density at radius 3 is 2.80 bits per heavy atom. The first kappa shape index (κ1) is 14.0. The van der Waals surface area contributed by atoms with Crippen molar-refractivity contribution in [2.24, 2.45) is 0 Å². The van der Waals surface area contributed by atoms with Gasteiger partial charge in [-0.05, 0) is 46.6 Å². The van der Waals surface area contributed by atoms with Crippen LogP contribution in [0.4, 0.5) is 0 Å². The van der Waals surface area contributed by atoms with Gasteiger partial charge in [-0.3, -0.25) is 0 Å². The summed E-state index contributed by atoms with van der Waals surface area (Å²) in [4.78, 5) is 5.86. The zero-order valence-corrected chi connectivity index (χ0v) is 13.9. The van der Waals surface area contributed by atoms with E-state index in [1.54, 1.807) is 11.3 Å². The minimum Gasteiger partial charge on any atom is -0.307 e. The van der Waals surface area contributed by atoms with Crippen molar-refractivity contribution in [3.63, 3.8) is 0 Å². The van der Waals surface area contributed by atoms with Crippen LogP contribution in [-0.4, -0.2) is 12.0 Å². The molecule has 1 aromatic carbocycles. The van der Waals surface area contributed by atoms with E-state index in [1.807, 2.05) is 36.7 Å². The lowest BCUT2D eigenvalue weighted by Crippen LogP contribution is -2.18. The summed E-state index contributed by atoms with van der Waals surface area (Å²) in [6.07, 6.45) is 0. The molecule has 1 N–H and O–H groups in total. The third-order valence-corrected chi connectivity index (χ3v) is 5.23. The topological polar surface area (TPSA) is 24.9 Å². The lowest BCUT2D eigenvalue weighted by molar-refractivity contribution is 0.682. The predicted molar refractivity (Wildman–Crippen MR) is 89.7 cm³/mol. The fourth-order valence-electron chi connectivity index (χ4n) is 2.21. The second-order valence-corrected chi connectivity index (χ2v) is 6.61. The van der Waals surface area contributed by atoms with Crippen LogP contribution in [0.1, 0.15) is 16.6 Å². The lowest BCUT2D eigenvalue weighted by Gasteiger charge is -2.17. The molecule has 0 saturated carbocycles. The molecule has 0 radical (unpaired) electrons. The number of rotatable bonds is 3. The number of hydrogen-bond donors (Lipinski definition) is 1. The third kappa shape index (κ3) is 2.49. The van der Waals surface area contributed by atoms with Gasteiger partial charge in [0.25, 0.3) is 0 Å². The third-order valence-electron chi connectivity index (χ3n) is 3.17. The molecule has 2 aromatic heterocycles. The van der Waals surface area contributed by atoms with Crippen LogP contribution >= 0.6 is 38.9 Å². The molecular weight excluding hydrogens is 356 g/mol. The summed E-state index contributed by atoms with van der Waals surface area (Å²) in [6, 6.07) is 12.1. The maximum absolute atomic E-state index is 6.26. The van der Waals surface area contributed by atoms with Gasteiger partial charge < -0.3 is 5.32 Å². The van der Waals surface area contributed by atoms with E-state index in [2.05, 4.69) is 33.4 Å². The van der Waals surface area contributed by atoms with Crippen molar-refractivity contribution in [2.45, 2.75) is 6.04 Å². The van der Waals surface area contributed by atoms with Crippen molar-refractivity contribution in [1.29, 1.82) is 0 Å². The first-order chi connectivity index (χ1) is 9.70. The molecule has 2 nitrogen and oxygen atoms in total. The molecule has 0 fully saturated rings. The minimum absolute atomic E-state index is 0.0125. The molecule has 3 rings (SSSR count). The van der Waals surface area contributed by atoms with Crippen LogP contribution in [0.15, 0.2) is 46.3 Å². The highest BCUT2D eigenvalue weighted by Crippen LogP contribution is 2.35. The summed E-state index contributed by atoms with van der Waals surface area (Å²) in [5.74, 6) is 0. The minimum atomic E-state index is -0.0125. The SMILES string of the molecule is CNC(c1nc2ccccc2cc1Br)c1sccc1Cl. The Balaban J connectivity index is 2.17. The maximum Gasteiger partial charge on any atom is 0.0869 e. The van der Waals surface area contributed by atoms with Crippen LogP contribution in [0.5, 0.6) is 0 Å². The number of nitrogens with zero attached hydrogens (tertiary/aromatic N) is 1. The van der Waals surface area contributed by atoms with Gasteiger partial charge in [0.1, 0.15) is 0 Å². The van der Waals surface area contributed by atoms with Gasteiger partial charge in [0, 0.05) is 14.7 Å². The molecule has 3 aromatic rings. The summed E-state index contributed by atoms with van der Waals surface area (Å²) in [5, 5.41) is 7.19. The van der Waals surface area contributed by atoms with Crippen LogP contribution in [-0.2, 0) is 0 Å². The Labute approximate surface area is 134 Å². The molecule has 0 saturated heterocycles. The van der Waals surface area contributed by atoms with Gasteiger partial charge in [0.2, 0.25) is 0 Å². The van der Waals surface area contributed by atoms with Crippen LogP contribution in [0, 0.1) is 0 Å². The van der Waals surface area contributed by atoms with Crippen LogP contribution < -0.4 is 5.32 Å². The molecule has 0 aliphatic carbocycles. The number of fused-ring (bicyclic) bond motifs is 1. The van der Waals surface area contributed by atoms with Gasteiger partial charge in [-0.25, -0.2) is 4.98 Å². The monoisotopic (exact) mass is 366 g/mol. The largest absolute Gasteiger partial charge is 0.307 e. The normalized spacial score (nSPS) is 12.8. The number of hydrogen-bond acceptors (Lipinski definition) is 3. The Bertz CT molecular complexity index is 756. The average Bonchev–Trinajstić information content (AvgIpc) is 2.87. The zero-order valence-electron chi connectivity index (χ0n) is 10.7. The van der Waals surface area contributed by atoms with Crippen molar-refractivity contribution in [1.82, 2.24) is 10.3 Å².